The van der Waals surface area contributed by atoms with Gasteiger partial charge in [0.25, 0.3) is 5.91 Å². The summed E-state index contributed by atoms with van der Waals surface area (Å²) in [5.74, 6) is -0.211. The van der Waals surface area contributed by atoms with Gasteiger partial charge < -0.3 is 10.6 Å². The highest BCUT2D eigenvalue weighted by molar-refractivity contribution is 7.81. The molecular weight excluding hydrogens is 391 g/mol. The number of carbonyl (C=O) groups is 1. The molecule has 0 atom stereocenters. The Morgan fingerprint density at radius 2 is 1.77 bits per heavy atom. The van der Waals surface area contributed by atoms with Crippen molar-refractivity contribution in [2.45, 2.75) is 19.4 Å². The zero-order chi connectivity index (χ0) is 19.2. The Morgan fingerprint density at radius 1 is 1.12 bits per heavy atom. The molecule has 0 saturated carbocycles. The van der Waals surface area contributed by atoms with E-state index in [0.717, 1.165) is 0 Å². The van der Waals surface area contributed by atoms with Gasteiger partial charge >= 0.3 is 0 Å². The van der Waals surface area contributed by atoms with Gasteiger partial charge in [0.2, 0.25) is 0 Å². The second-order valence-corrected chi connectivity index (χ2v) is 7.48. The molecule has 132 valence electrons. The summed E-state index contributed by atoms with van der Waals surface area (Å²) < 4.78 is 0. The lowest BCUT2D eigenvalue weighted by Gasteiger charge is -2.29. The average Bonchev–Trinajstić information content (AvgIpc) is 2.75. The highest BCUT2D eigenvalue weighted by Crippen LogP contribution is 2.38. The van der Waals surface area contributed by atoms with E-state index in [1.165, 1.54) is 4.90 Å². The van der Waals surface area contributed by atoms with Crippen LogP contribution in [0.5, 0.6) is 0 Å². The minimum Gasteiger partial charge on any atom is -0.397 e. The van der Waals surface area contributed by atoms with Crippen molar-refractivity contribution in [2.75, 3.05) is 15.5 Å². The number of nitrogens with two attached hydrogens (primary N) is 1. The number of hydrogen-bond acceptors (Lipinski definition) is 4. The van der Waals surface area contributed by atoms with Crippen molar-refractivity contribution in [1.29, 1.82) is 5.26 Å². The zero-order valence-corrected chi connectivity index (χ0v) is 16.3. The average molecular weight is 405 g/mol. The molecule has 5 nitrogen and oxygen atoms in total. The van der Waals surface area contributed by atoms with Crippen LogP contribution in [-0.4, -0.2) is 16.6 Å². The van der Waals surface area contributed by atoms with Gasteiger partial charge in [0.15, 0.2) is 5.11 Å². The van der Waals surface area contributed by atoms with Gasteiger partial charge in [-0.05, 0) is 62.5 Å². The predicted molar refractivity (Wildman–Crippen MR) is 109 cm³/mol. The van der Waals surface area contributed by atoms with Gasteiger partial charge in [-0.25, -0.2) is 0 Å². The van der Waals surface area contributed by atoms with Crippen molar-refractivity contribution in [2.24, 2.45) is 0 Å². The fourth-order valence-corrected chi connectivity index (χ4v) is 3.72. The smallest absolute Gasteiger partial charge is 0.259 e. The Hall–Kier alpha value is -2.33. The van der Waals surface area contributed by atoms with Crippen LogP contribution in [0.3, 0.4) is 0 Å². The molecule has 1 aliphatic heterocycles. The first-order chi connectivity index (χ1) is 12.2. The number of nitrogens with zero attached hydrogens (tertiary/aromatic N) is 3. The van der Waals surface area contributed by atoms with Gasteiger partial charge in [-0.15, -0.1) is 0 Å². The summed E-state index contributed by atoms with van der Waals surface area (Å²) in [5.41, 5.74) is 6.87. The molecule has 2 aromatic rings. The van der Waals surface area contributed by atoms with Gasteiger partial charge in [-0.2, -0.15) is 5.26 Å². The number of rotatable bonds is 2. The first kappa shape index (κ1) is 18.5. The van der Waals surface area contributed by atoms with Crippen molar-refractivity contribution in [3.8, 4) is 6.07 Å². The standard InChI is InChI=1S/C18H14Cl2N4OS/c1-18(2)16(25)23(11-4-3-10(9-21)14(20)7-11)17(26)24(18)12-5-6-13(19)15(22)8-12/h3-8H,22H2,1-2H3. The highest BCUT2D eigenvalue weighted by atomic mass is 35.5. The third-order valence-corrected chi connectivity index (χ3v) is 5.26. The SMILES string of the molecule is CC1(C)C(=O)N(c2ccc(C#N)c(Cl)c2)C(=S)N1c1ccc(Cl)c(N)c1. The molecule has 1 amide bonds. The van der Waals surface area contributed by atoms with E-state index < -0.39 is 5.54 Å². The van der Waals surface area contributed by atoms with Crippen molar-refractivity contribution in [3.05, 3.63) is 52.0 Å². The fraction of sp³-hybridized carbons (Fsp3) is 0.167. The molecule has 26 heavy (non-hydrogen) atoms. The lowest BCUT2D eigenvalue weighted by Crippen LogP contribution is -2.44. The maximum absolute atomic E-state index is 13.1. The number of anilines is 3. The molecule has 2 aromatic carbocycles. The lowest BCUT2D eigenvalue weighted by atomic mass is 10.0. The van der Waals surface area contributed by atoms with Crippen molar-refractivity contribution in [3.63, 3.8) is 0 Å². The minimum absolute atomic E-state index is 0.211. The van der Waals surface area contributed by atoms with E-state index in [9.17, 15) is 4.79 Å². The Kier molecular flexibility index (Phi) is 4.57. The second kappa shape index (κ2) is 6.44. The number of nitriles is 1. The van der Waals surface area contributed by atoms with E-state index in [1.54, 1.807) is 55.1 Å². The molecule has 0 aromatic heterocycles. The van der Waals surface area contributed by atoms with Crippen LogP contribution in [0.1, 0.15) is 19.4 Å². The summed E-state index contributed by atoms with van der Waals surface area (Å²) >= 11 is 17.7. The summed E-state index contributed by atoms with van der Waals surface area (Å²) in [6, 6.07) is 11.9. The molecule has 0 spiro atoms. The van der Waals surface area contributed by atoms with Gasteiger partial charge in [0.05, 0.1) is 27.0 Å². The molecule has 1 saturated heterocycles. The third-order valence-electron chi connectivity index (χ3n) is 4.24. The monoisotopic (exact) mass is 404 g/mol. The molecule has 8 heteroatoms. The topological polar surface area (TPSA) is 73.4 Å². The molecule has 1 fully saturated rings. The number of carbonyl (C=O) groups excluding carboxylic acids is 1. The van der Waals surface area contributed by atoms with Gasteiger partial charge in [-0.1, -0.05) is 23.2 Å². The summed E-state index contributed by atoms with van der Waals surface area (Å²) in [6.45, 7) is 3.55. The van der Waals surface area contributed by atoms with Gasteiger partial charge in [-0.3, -0.25) is 9.69 Å². The maximum Gasteiger partial charge on any atom is 0.259 e. The quantitative estimate of drug-likeness (QED) is 0.594. The maximum atomic E-state index is 13.1. The van der Waals surface area contributed by atoms with E-state index in [-0.39, 0.29) is 10.9 Å². The number of benzene rings is 2. The van der Waals surface area contributed by atoms with Crippen LogP contribution in [0.2, 0.25) is 10.0 Å². The van der Waals surface area contributed by atoms with Crippen LogP contribution in [0.25, 0.3) is 0 Å². The van der Waals surface area contributed by atoms with Crippen LogP contribution in [0, 0.1) is 11.3 Å². The van der Waals surface area contributed by atoms with E-state index in [0.29, 0.717) is 32.8 Å². The Bertz CT molecular complexity index is 984. The van der Waals surface area contributed by atoms with Crippen molar-refractivity contribution >= 4 is 63.5 Å². The first-order valence-electron chi connectivity index (χ1n) is 7.62. The molecule has 1 heterocycles. The molecule has 1 aliphatic rings. The fourth-order valence-electron chi connectivity index (χ4n) is 2.86. The molecule has 0 unspecified atom stereocenters. The van der Waals surface area contributed by atoms with Crippen LogP contribution in [0.15, 0.2) is 36.4 Å². The summed E-state index contributed by atoms with van der Waals surface area (Å²) in [7, 11) is 0. The molecule has 2 N–H and O–H groups in total. The summed E-state index contributed by atoms with van der Waals surface area (Å²) in [6.07, 6.45) is 0. The summed E-state index contributed by atoms with van der Waals surface area (Å²) in [4.78, 5) is 16.2. The second-order valence-electron chi connectivity index (χ2n) is 6.30. The van der Waals surface area contributed by atoms with Crippen LogP contribution in [-0.2, 0) is 4.79 Å². The van der Waals surface area contributed by atoms with E-state index in [2.05, 4.69) is 0 Å². The number of thiocarbonyl (C=S) groups is 1. The Balaban J connectivity index is 2.09. The van der Waals surface area contributed by atoms with Crippen LogP contribution in [0.4, 0.5) is 17.1 Å². The van der Waals surface area contributed by atoms with Crippen LogP contribution >= 0.6 is 35.4 Å². The molecule has 0 aliphatic carbocycles. The van der Waals surface area contributed by atoms with E-state index in [4.69, 9.17) is 46.4 Å². The lowest BCUT2D eigenvalue weighted by molar-refractivity contribution is -0.120. The van der Waals surface area contributed by atoms with Crippen molar-refractivity contribution < 1.29 is 4.79 Å². The van der Waals surface area contributed by atoms with Crippen LogP contribution < -0.4 is 15.5 Å². The van der Waals surface area contributed by atoms with E-state index >= 15 is 0 Å². The van der Waals surface area contributed by atoms with Gasteiger partial charge in [0, 0.05) is 5.69 Å². The Labute approximate surface area is 166 Å². The first-order valence-corrected chi connectivity index (χ1v) is 8.78. The Morgan fingerprint density at radius 3 is 2.35 bits per heavy atom. The number of halogens is 2. The summed E-state index contributed by atoms with van der Waals surface area (Å²) in [5, 5.41) is 10.0. The number of amides is 1. The third kappa shape index (κ3) is 2.78. The van der Waals surface area contributed by atoms with Crippen molar-refractivity contribution in [1.82, 2.24) is 0 Å². The largest absolute Gasteiger partial charge is 0.397 e. The number of nitrogen functional groups attached to an aromatic ring is 1. The highest BCUT2D eigenvalue weighted by Gasteiger charge is 2.50. The molecular formula is C18H14Cl2N4OS. The number of hydrogen-bond donors (Lipinski definition) is 1. The molecule has 3 rings (SSSR count). The van der Waals surface area contributed by atoms with E-state index in [1.807, 2.05) is 6.07 Å². The molecule has 0 bridgehead atoms. The zero-order valence-electron chi connectivity index (χ0n) is 14.0. The normalized spacial score (nSPS) is 16.1. The predicted octanol–water partition coefficient (Wildman–Crippen LogP) is 4.36. The molecule has 0 radical (unpaired) electrons. The van der Waals surface area contributed by atoms with Gasteiger partial charge in [0.1, 0.15) is 11.6 Å². The minimum atomic E-state index is -0.933.